The molecular weight excluding hydrogens is 410 g/mol. The number of nitrogens with zero attached hydrogens (tertiary/aromatic N) is 1. The van der Waals surface area contributed by atoms with Gasteiger partial charge in [-0.1, -0.05) is 30.3 Å². The number of hydrogen-bond acceptors (Lipinski definition) is 4. The fourth-order valence-corrected chi connectivity index (χ4v) is 3.21. The predicted octanol–water partition coefficient (Wildman–Crippen LogP) is 5.00. The highest BCUT2D eigenvalue weighted by molar-refractivity contribution is 7.80. The number of ether oxygens (including phenoxy) is 1. The van der Waals surface area contributed by atoms with Gasteiger partial charge in [-0.05, 0) is 73.1 Å². The molecule has 0 bridgehead atoms. The van der Waals surface area contributed by atoms with Gasteiger partial charge in [0.05, 0.1) is 18.9 Å². The molecule has 0 aliphatic heterocycles. The molecule has 7 heteroatoms. The molecule has 0 spiro atoms. The summed E-state index contributed by atoms with van der Waals surface area (Å²) in [5.74, 6) is -0.256. The third-order valence-electron chi connectivity index (χ3n) is 4.83. The maximum Gasteiger partial charge on any atom is 0.335 e. The van der Waals surface area contributed by atoms with Gasteiger partial charge in [0, 0.05) is 16.8 Å². The molecule has 0 atom stereocenters. The zero-order chi connectivity index (χ0) is 22.4. The van der Waals surface area contributed by atoms with E-state index in [1.54, 1.807) is 25.5 Å². The summed E-state index contributed by atoms with van der Waals surface area (Å²) in [6.07, 6.45) is 1.64. The van der Waals surface area contributed by atoms with E-state index in [4.69, 9.17) is 22.1 Å². The summed E-state index contributed by atoms with van der Waals surface area (Å²) in [6, 6.07) is 18.5. The van der Waals surface area contributed by atoms with Crippen LogP contribution < -0.4 is 15.5 Å². The van der Waals surface area contributed by atoms with Crippen LogP contribution in [0.3, 0.4) is 0 Å². The average Bonchev–Trinajstić information content (AvgIpc) is 2.76. The van der Waals surface area contributed by atoms with E-state index in [1.165, 1.54) is 23.3 Å². The molecule has 158 valence electrons. The Hall–Kier alpha value is -3.71. The summed E-state index contributed by atoms with van der Waals surface area (Å²) in [4.78, 5) is 10.9. The van der Waals surface area contributed by atoms with Crippen molar-refractivity contribution in [1.82, 2.24) is 5.43 Å². The summed E-state index contributed by atoms with van der Waals surface area (Å²) in [6.45, 7) is 4.17. The van der Waals surface area contributed by atoms with Gasteiger partial charge in [-0.2, -0.15) is 5.10 Å². The first-order valence-electron chi connectivity index (χ1n) is 9.57. The SMILES string of the molecule is COc1c(/C=N/NC(=S)Nc2ccc(C(=O)O)cc2)cccc1-c1ccc(C)c(C)c1. The number of aromatic carboxylic acids is 1. The molecule has 0 heterocycles. The number of hydrogen-bond donors (Lipinski definition) is 3. The maximum absolute atomic E-state index is 10.9. The van der Waals surface area contributed by atoms with Crippen LogP contribution in [0.2, 0.25) is 0 Å². The van der Waals surface area contributed by atoms with Crippen LogP contribution in [-0.4, -0.2) is 29.5 Å². The lowest BCUT2D eigenvalue weighted by atomic mass is 9.98. The zero-order valence-corrected chi connectivity index (χ0v) is 18.3. The Kier molecular flexibility index (Phi) is 6.99. The third kappa shape index (κ3) is 5.46. The largest absolute Gasteiger partial charge is 0.495 e. The van der Waals surface area contributed by atoms with E-state index < -0.39 is 5.97 Å². The molecule has 0 aliphatic carbocycles. The summed E-state index contributed by atoms with van der Waals surface area (Å²) in [5.41, 5.74) is 8.94. The van der Waals surface area contributed by atoms with Gasteiger partial charge in [-0.3, -0.25) is 5.43 Å². The summed E-state index contributed by atoms with van der Waals surface area (Å²) in [7, 11) is 1.64. The lowest BCUT2D eigenvalue weighted by Gasteiger charge is -2.13. The molecule has 0 saturated heterocycles. The zero-order valence-electron chi connectivity index (χ0n) is 17.5. The second-order valence-electron chi connectivity index (χ2n) is 6.93. The fraction of sp³-hybridized carbons (Fsp3) is 0.125. The number of para-hydroxylation sites is 1. The lowest BCUT2D eigenvalue weighted by molar-refractivity contribution is 0.0697. The Bertz CT molecular complexity index is 1140. The van der Waals surface area contributed by atoms with Crippen molar-refractivity contribution in [1.29, 1.82) is 0 Å². The van der Waals surface area contributed by atoms with E-state index in [9.17, 15) is 4.79 Å². The molecule has 0 aliphatic rings. The minimum atomic E-state index is -0.978. The fourth-order valence-electron chi connectivity index (χ4n) is 3.04. The number of thiocarbonyl (C=S) groups is 1. The number of aryl methyl sites for hydroxylation is 2. The van der Waals surface area contributed by atoms with Crippen LogP contribution in [0.1, 0.15) is 27.0 Å². The molecule has 6 nitrogen and oxygen atoms in total. The maximum atomic E-state index is 10.9. The molecule has 0 amide bonds. The summed E-state index contributed by atoms with van der Waals surface area (Å²) >= 11 is 5.24. The van der Waals surface area contributed by atoms with Gasteiger partial charge in [-0.25, -0.2) is 4.79 Å². The molecule has 3 N–H and O–H groups in total. The molecular formula is C24H23N3O3S. The van der Waals surface area contributed by atoms with Crippen molar-refractivity contribution in [3.8, 4) is 16.9 Å². The number of anilines is 1. The number of carboxylic acid groups (broad SMARTS) is 1. The molecule has 3 aromatic carbocycles. The smallest absolute Gasteiger partial charge is 0.335 e. The van der Waals surface area contributed by atoms with Crippen molar-refractivity contribution in [2.75, 3.05) is 12.4 Å². The predicted molar refractivity (Wildman–Crippen MR) is 128 cm³/mol. The van der Waals surface area contributed by atoms with Gasteiger partial charge in [0.25, 0.3) is 0 Å². The molecule has 3 rings (SSSR count). The summed E-state index contributed by atoms with van der Waals surface area (Å²) in [5, 5.41) is 16.4. The second-order valence-corrected chi connectivity index (χ2v) is 7.34. The highest BCUT2D eigenvalue weighted by Crippen LogP contribution is 2.33. The molecule has 0 radical (unpaired) electrons. The van der Waals surface area contributed by atoms with Crippen molar-refractivity contribution in [2.24, 2.45) is 5.10 Å². The van der Waals surface area contributed by atoms with E-state index in [0.717, 1.165) is 22.4 Å². The first-order valence-corrected chi connectivity index (χ1v) is 9.98. The van der Waals surface area contributed by atoms with Crippen LogP contribution in [0.15, 0.2) is 65.8 Å². The Morgan fingerprint density at radius 1 is 1.06 bits per heavy atom. The first-order chi connectivity index (χ1) is 14.9. The van der Waals surface area contributed by atoms with Gasteiger partial charge < -0.3 is 15.2 Å². The third-order valence-corrected chi connectivity index (χ3v) is 5.02. The quantitative estimate of drug-likeness (QED) is 0.288. The first kappa shape index (κ1) is 22.0. The van der Waals surface area contributed by atoms with Gasteiger partial charge in [-0.15, -0.1) is 0 Å². The van der Waals surface area contributed by atoms with E-state index in [2.05, 4.69) is 47.9 Å². The molecule has 0 aromatic heterocycles. The monoisotopic (exact) mass is 433 g/mol. The molecule has 3 aromatic rings. The van der Waals surface area contributed by atoms with Crippen molar-refractivity contribution in [3.63, 3.8) is 0 Å². The van der Waals surface area contributed by atoms with E-state index in [1.807, 2.05) is 18.2 Å². The number of rotatable bonds is 6. The molecule has 31 heavy (non-hydrogen) atoms. The van der Waals surface area contributed by atoms with E-state index >= 15 is 0 Å². The number of nitrogens with one attached hydrogen (secondary N) is 2. The number of carboxylic acids is 1. The molecule has 0 fully saturated rings. The minimum Gasteiger partial charge on any atom is -0.495 e. The lowest BCUT2D eigenvalue weighted by Crippen LogP contribution is -2.23. The number of carbonyl (C=O) groups is 1. The van der Waals surface area contributed by atoms with Crippen LogP contribution in [-0.2, 0) is 0 Å². The highest BCUT2D eigenvalue weighted by Gasteiger charge is 2.10. The van der Waals surface area contributed by atoms with Crippen molar-refractivity contribution < 1.29 is 14.6 Å². The molecule has 0 saturated carbocycles. The topological polar surface area (TPSA) is 83.0 Å². The number of hydrazone groups is 1. The van der Waals surface area contributed by atoms with E-state index in [-0.39, 0.29) is 10.7 Å². The van der Waals surface area contributed by atoms with Gasteiger partial charge in [0.15, 0.2) is 5.11 Å². The van der Waals surface area contributed by atoms with Gasteiger partial charge in [0.1, 0.15) is 5.75 Å². The van der Waals surface area contributed by atoms with Crippen LogP contribution >= 0.6 is 12.2 Å². The van der Waals surface area contributed by atoms with Crippen molar-refractivity contribution >= 4 is 35.2 Å². The Morgan fingerprint density at radius 3 is 2.45 bits per heavy atom. The van der Waals surface area contributed by atoms with Crippen LogP contribution in [0.25, 0.3) is 11.1 Å². The average molecular weight is 434 g/mol. The molecule has 0 unspecified atom stereocenters. The van der Waals surface area contributed by atoms with Crippen LogP contribution in [0.4, 0.5) is 5.69 Å². The number of methoxy groups -OCH3 is 1. The summed E-state index contributed by atoms with van der Waals surface area (Å²) < 4.78 is 5.67. The van der Waals surface area contributed by atoms with Crippen molar-refractivity contribution in [3.05, 3.63) is 82.9 Å². The normalized spacial score (nSPS) is 10.7. The van der Waals surface area contributed by atoms with Crippen LogP contribution in [0, 0.1) is 13.8 Å². The Morgan fingerprint density at radius 2 is 1.81 bits per heavy atom. The second kappa shape index (κ2) is 9.86. The van der Waals surface area contributed by atoms with Crippen molar-refractivity contribution in [2.45, 2.75) is 13.8 Å². The van der Waals surface area contributed by atoms with Crippen LogP contribution in [0.5, 0.6) is 5.75 Å². The minimum absolute atomic E-state index is 0.207. The van der Waals surface area contributed by atoms with Gasteiger partial charge >= 0.3 is 5.97 Å². The highest BCUT2D eigenvalue weighted by atomic mass is 32.1. The van der Waals surface area contributed by atoms with E-state index in [0.29, 0.717) is 5.69 Å². The number of benzene rings is 3. The Balaban J connectivity index is 1.72. The standard InChI is InChI=1S/C24H23N3O3S/c1-15-7-8-18(13-16(15)2)21-6-4-5-19(22(21)30-3)14-25-27-24(31)26-20-11-9-17(10-12-20)23(28)29/h4-14H,1-3H3,(H,28,29)(H2,26,27,31)/b25-14+. The van der Waals surface area contributed by atoms with Gasteiger partial charge in [0.2, 0.25) is 0 Å². The Labute approximate surface area is 186 Å².